The summed E-state index contributed by atoms with van der Waals surface area (Å²) < 4.78 is 5.26. The zero-order valence-corrected chi connectivity index (χ0v) is 29.3. The maximum Gasteiger partial charge on any atom is 0.0468 e. The van der Waals surface area contributed by atoms with Crippen LogP contribution in [0.4, 0.5) is 17.1 Å². The number of rotatable bonds is 6. The summed E-state index contributed by atoms with van der Waals surface area (Å²) in [6.07, 6.45) is 0. The number of thiophene rings is 2. The van der Waals surface area contributed by atoms with Crippen LogP contribution in [0, 0.1) is 0 Å². The maximum absolute atomic E-state index is 2.41. The van der Waals surface area contributed by atoms with E-state index < -0.39 is 0 Å². The van der Waals surface area contributed by atoms with Gasteiger partial charge in [0.15, 0.2) is 0 Å². The molecule has 1 nitrogen and oxygen atoms in total. The lowest BCUT2D eigenvalue weighted by atomic mass is 9.92. The Morgan fingerprint density at radius 3 is 1.61 bits per heavy atom. The van der Waals surface area contributed by atoms with Gasteiger partial charge >= 0.3 is 0 Å². The van der Waals surface area contributed by atoms with Crippen molar-refractivity contribution in [3.05, 3.63) is 188 Å². The molecule has 0 aliphatic carbocycles. The second kappa shape index (κ2) is 12.4. The van der Waals surface area contributed by atoms with Gasteiger partial charge in [-0.15, -0.1) is 22.7 Å². The average molecular weight is 686 g/mol. The van der Waals surface area contributed by atoms with Gasteiger partial charge in [0.05, 0.1) is 0 Å². The molecular weight excluding hydrogens is 655 g/mol. The van der Waals surface area contributed by atoms with Crippen molar-refractivity contribution < 1.29 is 0 Å². The summed E-state index contributed by atoms with van der Waals surface area (Å²) in [5, 5.41) is 5.22. The highest BCUT2D eigenvalue weighted by Gasteiger charge is 2.19. The summed E-state index contributed by atoms with van der Waals surface area (Å²) in [7, 11) is 0. The first-order chi connectivity index (χ1) is 25.3. The first kappa shape index (κ1) is 29.9. The molecule has 0 atom stereocenters. The monoisotopic (exact) mass is 685 g/mol. The van der Waals surface area contributed by atoms with Crippen molar-refractivity contribution >= 4 is 80.1 Å². The van der Waals surface area contributed by atoms with E-state index in [0.29, 0.717) is 0 Å². The van der Waals surface area contributed by atoms with Gasteiger partial charge in [0.1, 0.15) is 0 Å². The van der Waals surface area contributed by atoms with Crippen LogP contribution >= 0.6 is 22.7 Å². The molecule has 0 saturated heterocycles. The fraction of sp³-hybridized carbons (Fsp3) is 0. The van der Waals surface area contributed by atoms with Crippen LogP contribution in [0.2, 0.25) is 0 Å². The van der Waals surface area contributed by atoms with Crippen molar-refractivity contribution in [2.24, 2.45) is 0 Å². The number of benzene rings is 8. The standard InChI is InChI=1S/C48H31NS2/c1-3-12-32(13-4-1)33-22-24-35(25-23-33)49(37-27-29-47-44(31-37)40-17-8-9-20-45(40)50-47)36-26-28-38(43(30-36)34-14-5-2-6-15-34)41-18-11-19-42-39-16-7-10-21-46(39)51-48(41)42/h1-31H. The zero-order valence-electron chi connectivity index (χ0n) is 27.7. The quantitative estimate of drug-likeness (QED) is 0.168. The Kier molecular flexibility index (Phi) is 7.26. The second-order valence-corrected chi connectivity index (χ2v) is 15.0. The molecule has 0 spiro atoms. The molecule has 0 aliphatic heterocycles. The van der Waals surface area contributed by atoms with Crippen LogP contribution in [0.1, 0.15) is 0 Å². The molecule has 2 heterocycles. The molecule has 2 aromatic heterocycles. The van der Waals surface area contributed by atoms with E-state index in [-0.39, 0.29) is 0 Å². The van der Waals surface area contributed by atoms with Crippen molar-refractivity contribution in [2.75, 3.05) is 4.90 Å². The fourth-order valence-corrected chi connectivity index (χ4v) is 9.77. The Balaban J connectivity index is 1.19. The lowest BCUT2D eigenvalue weighted by Crippen LogP contribution is -2.10. The van der Waals surface area contributed by atoms with E-state index in [0.717, 1.165) is 17.1 Å². The minimum Gasteiger partial charge on any atom is -0.310 e. The van der Waals surface area contributed by atoms with Crippen molar-refractivity contribution in [1.82, 2.24) is 0 Å². The first-order valence-electron chi connectivity index (χ1n) is 17.3. The molecule has 51 heavy (non-hydrogen) atoms. The smallest absolute Gasteiger partial charge is 0.0468 e. The third-order valence-electron chi connectivity index (χ3n) is 9.89. The minimum atomic E-state index is 1.12. The van der Waals surface area contributed by atoms with Crippen molar-refractivity contribution in [2.45, 2.75) is 0 Å². The molecule has 3 heteroatoms. The third-order valence-corrected chi connectivity index (χ3v) is 12.3. The number of hydrogen-bond donors (Lipinski definition) is 0. The van der Waals surface area contributed by atoms with Gasteiger partial charge in [0.2, 0.25) is 0 Å². The van der Waals surface area contributed by atoms with Gasteiger partial charge in [-0.3, -0.25) is 0 Å². The van der Waals surface area contributed by atoms with Gasteiger partial charge in [-0.2, -0.15) is 0 Å². The topological polar surface area (TPSA) is 3.24 Å². The average Bonchev–Trinajstić information content (AvgIpc) is 3.77. The molecule has 10 rings (SSSR count). The molecule has 240 valence electrons. The van der Waals surface area contributed by atoms with Gasteiger partial charge in [0.25, 0.3) is 0 Å². The lowest BCUT2D eigenvalue weighted by Gasteiger charge is -2.27. The van der Waals surface area contributed by atoms with Crippen LogP contribution in [0.3, 0.4) is 0 Å². The van der Waals surface area contributed by atoms with Crippen LogP contribution in [0.15, 0.2) is 188 Å². The fourth-order valence-electron chi connectivity index (χ4n) is 7.46. The normalized spacial score (nSPS) is 11.5. The maximum atomic E-state index is 2.41. The highest BCUT2D eigenvalue weighted by Crippen LogP contribution is 2.46. The number of anilines is 3. The van der Waals surface area contributed by atoms with Gasteiger partial charge in [0, 0.05) is 63.0 Å². The Labute approximate surface area is 304 Å². The van der Waals surface area contributed by atoms with E-state index in [2.05, 4.69) is 193 Å². The van der Waals surface area contributed by atoms with E-state index in [1.54, 1.807) is 0 Å². The molecule has 0 unspecified atom stereocenters. The predicted molar refractivity (Wildman–Crippen MR) is 223 cm³/mol. The zero-order chi connectivity index (χ0) is 33.7. The molecular formula is C48H31NS2. The lowest BCUT2D eigenvalue weighted by molar-refractivity contribution is 1.29. The van der Waals surface area contributed by atoms with Crippen molar-refractivity contribution in [3.63, 3.8) is 0 Å². The van der Waals surface area contributed by atoms with Crippen LogP contribution in [-0.2, 0) is 0 Å². The number of nitrogens with zero attached hydrogens (tertiary/aromatic N) is 1. The summed E-state index contributed by atoms with van der Waals surface area (Å²) >= 11 is 3.74. The van der Waals surface area contributed by atoms with Crippen LogP contribution < -0.4 is 4.90 Å². The largest absolute Gasteiger partial charge is 0.310 e. The highest BCUT2D eigenvalue weighted by atomic mass is 32.1. The number of fused-ring (bicyclic) bond motifs is 6. The molecule has 10 aromatic rings. The molecule has 0 aliphatic rings. The van der Waals surface area contributed by atoms with E-state index in [4.69, 9.17) is 0 Å². The molecule has 0 radical (unpaired) electrons. The summed E-state index contributed by atoms with van der Waals surface area (Å²) in [4.78, 5) is 2.41. The van der Waals surface area contributed by atoms with E-state index in [9.17, 15) is 0 Å². The highest BCUT2D eigenvalue weighted by molar-refractivity contribution is 7.26. The van der Waals surface area contributed by atoms with E-state index >= 15 is 0 Å². The molecule has 0 bridgehead atoms. The van der Waals surface area contributed by atoms with Crippen molar-refractivity contribution in [3.8, 4) is 33.4 Å². The Bertz CT molecular complexity index is 2850. The molecule has 0 saturated carbocycles. The summed E-state index contributed by atoms with van der Waals surface area (Å²) in [5.41, 5.74) is 10.7. The third kappa shape index (κ3) is 5.21. The van der Waals surface area contributed by atoms with Gasteiger partial charge < -0.3 is 4.90 Å². The molecule has 0 amide bonds. The van der Waals surface area contributed by atoms with Gasteiger partial charge in [-0.25, -0.2) is 0 Å². The van der Waals surface area contributed by atoms with Crippen LogP contribution in [0.25, 0.3) is 73.7 Å². The Morgan fingerprint density at radius 1 is 0.294 bits per heavy atom. The summed E-state index contributed by atoms with van der Waals surface area (Å²) in [6.45, 7) is 0. The minimum absolute atomic E-state index is 1.12. The molecule has 0 fully saturated rings. The Morgan fingerprint density at radius 2 is 0.843 bits per heavy atom. The molecule has 8 aromatic carbocycles. The molecule has 0 N–H and O–H groups in total. The first-order valence-corrected chi connectivity index (χ1v) is 18.9. The van der Waals surface area contributed by atoms with Crippen LogP contribution in [-0.4, -0.2) is 0 Å². The SMILES string of the molecule is c1ccc(-c2ccc(N(c3ccc(-c4cccc5c4sc4ccccc45)c(-c4ccccc4)c3)c3ccc4sc5ccccc5c4c3)cc2)cc1. The van der Waals surface area contributed by atoms with Crippen LogP contribution in [0.5, 0.6) is 0 Å². The van der Waals surface area contributed by atoms with Crippen molar-refractivity contribution in [1.29, 1.82) is 0 Å². The summed E-state index contributed by atoms with van der Waals surface area (Å²) in [5.74, 6) is 0. The number of hydrogen-bond acceptors (Lipinski definition) is 3. The van der Waals surface area contributed by atoms with Gasteiger partial charge in [-0.05, 0) is 82.4 Å². The predicted octanol–water partition coefficient (Wildman–Crippen LogP) is 14.9. The van der Waals surface area contributed by atoms with E-state index in [1.165, 1.54) is 73.7 Å². The van der Waals surface area contributed by atoms with E-state index in [1.807, 2.05) is 22.7 Å². The van der Waals surface area contributed by atoms with Gasteiger partial charge in [-0.1, -0.05) is 133 Å². The Hall–Kier alpha value is -6.00. The second-order valence-electron chi connectivity index (χ2n) is 12.9. The summed E-state index contributed by atoms with van der Waals surface area (Å²) in [6, 6.07) is 68.7.